The van der Waals surface area contributed by atoms with Crippen LogP contribution in [0.25, 0.3) is 0 Å². The Bertz CT molecular complexity index is 642. The minimum atomic E-state index is -0.146. The lowest BCUT2D eigenvalue weighted by Gasteiger charge is -2.17. The Morgan fingerprint density at radius 3 is 2.57 bits per heavy atom. The Kier molecular flexibility index (Phi) is 5.25. The molecule has 0 spiro atoms. The second kappa shape index (κ2) is 6.95. The maximum absolute atomic E-state index is 11.6. The minimum Gasteiger partial charge on any atom is -0.312 e. The number of hydrogen-bond donors (Lipinski definition) is 2. The van der Waals surface area contributed by atoms with Gasteiger partial charge in [0.05, 0.1) is 0 Å². The van der Waals surface area contributed by atoms with Crippen molar-refractivity contribution in [2.45, 2.75) is 38.5 Å². The summed E-state index contributed by atoms with van der Waals surface area (Å²) < 4.78 is 1.65. The molecule has 6 heteroatoms. The van der Waals surface area contributed by atoms with E-state index in [1.807, 2.05) is 14.0 Å². The Morgan fingerprint density at radius 1 is 1.33 bits per heavy atom. The highest BCUT2D eigenvalue weighted by Crippen LogP contribution is 2.24. The van der Waals surface area contributed by atoms with E-state index >= 15 is 0 Å². The zero-order valence-electron chi connectivity index (χ0n) is 12.9. The molecule has 0 aliphatic rings. The number of aromatic nitrogens is 3. The lowest BCUT2D eigenvalue weighted by Crippen LogP contribution is -2.20. The fraction of sp³-hybridized carbons (Fsp3) is 0.467. The Labute approximate surface area is 129 Å². The predicted octanol–water partition coefficient (Wildman–Crippen LogP) is 2.26. The fourth-order valence-corrected chi connectivity index (χ4v) is 3.56. The van der Waals surface area contributed by atoms with Gasteiger partial charge in [-0.05, 0) is 33.4 Å². The predicted molar refractivity (Wildman–Crippen MR) is 87.0 cm³/mol. The number of H-pyrrole nitrogens is 1. The lowest BCUT2D eigenvalue weighted by atomic mass is 10.0. The third-order valence-corrected chi connectivity index (χ3v) is 4.48. The van der Waals surface area contributed by atoms with Gasteiger partial charge in [0, 0.05) is 18.3 Å². The van der Waals surface area contributed by atoms with Crippen LogP contribution >= 0.6 is 11.8 Å². The number of nitrogens with zero attached hydrogens (tertiary/aromatic N) is 2. The number of nitrogens with one attached hydrogen (secondary N) is 2. The van der Waals surface area contributed by atoms with Gasteiger partial charge in [-0.1, -0.05) is 41.1 Å². The molecule has 0 radical (unpaired) electrons. The van der Waals surface area contributed by atoms with Crippen molar-refractivity contribution in [2.75, 3.05) is 12.8 Å². The van der Waals surface area contributed by atoms with Gasteiger partial charge in [0.1, 0.15) is 0 Å². The van der Waals surface area contributed by atoms with E-state index in [-0.39, 0.29) is 11.7 Å². The average molecular weight is 306 g/mol. The third kappa shape index (κ3) is 3.77. The molecule has 0 saturated heterocycles. The number of thioether (sulfide) groups is 1. The van der Waals surface area contributed by atoms with E-state index in [1.165, 1.54) is 16.7 Å². The van der Waals surface area contributed by atoms with Crippen LogP contribution in [0, 0.1) is 13.8 Å². The fourth-order valence-electron chi connectivity index (χ4n) is 2.41. The van der Waals surface area contributed by atoms with Crippen LogP contribution < -0.4 is 11.0 Å². The first-order valence-electron chi connectivity index (χ1n) is 7.08. The highest BCUT2D eigenvalue weighted by molar-refractivity contribution is 7.99. The molecule has 0 aliphatic heterocycles. The van der Waals surface area contributed by atoms with Gasteiger partial charge in [-0.25, -0.2) is 9.89 Å². The van der Waals surface area contributed by atoms with Crippen molar-refractivity contribution in [3.8, 4) is 0 Å². The van der Waals surface area contributed by atoms with Crippen molar-refractivity contribution in [3.05, 3.63) is 45.4 Å². The smallest absolute Gasteiger partial charge is 0.312 e. The highest BCUT2D eigenvalue weighted by Gasteiger charge is 2.14. The van der Waals surface area contributed by atoms with Crippen molar-refractivity contribution in [1.82, 2.24) is 20.1 Å². The normalized spacial score (nSPS) is 12.6. The zero-order valence-corrected chi connectivity index (χ0v) is 13.8. The van der Waals surface area contributed by atoms with Crippen LogP contribution in [0.15, 0.2) is 28.2 Å². The minimum absolute atomic E-state index is 0.146. The molecule has 0 aliphatic carbocycles. The van der Waals surface area contributed by atoms with Crippen molar-refractivity contribution in [1.29, 1.82) is 0 Å². The monoisotopic (exact) mass is 306 g/mol. The summed E-state index contributed by atoms with van der Waals surface area (Å²) in [5, 5.41) is 10.7. The summed E-state index contributed by atoms with van der Waals surface area (Å²) in [5.74, 6) is 0.823. The molecule has 0 amide bonds. The second-order valence-corrected chi connectivity index (χ2v) is 6.12. The van der Waals surface area contributed by atoms with Gasteiger partial charge >= 0.3 is 5.69 Å². The molecule has 0 saturated carbocycles. The van der Waals surface area contributed by atoms with Gasteiger partial charge in [0.15, 0.2) is 5.16 Å². The van der Waals surface area contributed by atoms with Gasteiger partial charge in [-0.2, -0.15) is 0 Å². The average Bonchev–Trinajstić information content (AvgIpc) is 2.79. The van der Waals surface area contributed by atoms with E-state index in [9.17, 15) is 4.79 Å². The number of rotatable bonds is 6. The molecular formula is C15H22N4OS. The molecule has 1 atom stereocenters. The van der Waals surface area contributed by atoms with Crippen LogP contribution in [-0.4, -0.2) is 27.6 Å². The Balaban J connectivity index is 2.14. The Hall–Kier alpha value is -1.53. The van der Waals surface area contributed by atoms with Crippen molar-refractivity contribution in [3.63, 3.8) is 0 Å². The first kappa shape index (κ1) is 15.9. The Morgan fingerprint density at radius 2 is 2.00 bits per heavy atom. The summed E-state index contributed by atoms with van der Waals surface area (Å²) in [6.45, 7) is 6.80. The van der Waals surface area contributed by atoms with E-state index in [4.69, 9.17) is 0 Å². The summed E-state index contributed by atoms with van der Waals surface area (Å²) in [4.78, 5) is 11.6. The molecule has 5 nitrogen and oxygen atoms in total. The van der Waals surface area contributed by atoms with Gasteiger partial charge in [0.2, 0.25) is 0 Å². The van der Waals surface area contributed by atoms with Crippen LogP contribution in [0.3, 0.4) is 0 Å². The molecule has 0 bridgehead atoms. The maximum Gasteiger partial charge on any atom is 0.343 e. The van der Waals surface area contributed by atoms with E-state index in [0.717, 1.165) is 10.9 Å². The standard InChI is InChI=1S/C15H22N4OS/c1-5-19-14(20)17-18-15(19)21-9-13(16-4)12-7-10(2)6-11(3)8-12/h6-8,13,16H,5,9H2,1-4H3,(H,17,20). The van der Waals surface area contributed by atoms with Gasteiger partial charge in [0.25, 0.3) is 0 Å². The molecular weight excluding hydrogens is 284 g/mol. The summed E-state index contributed by atoms with van der Waals surface area (Å²) in [6.07, 6.45) is 0. The molecule has 21 heavy (non-hydrogen) atoms. The largest absolute Gasteiger partial charge is 0.343 e. The number of aromatic amines is 1. The number of aryl methyl sites for hydroxylation is 2. The van der Waals surface area contributed by atoms with Gasteiger partial charge in [-0.15, -0.1) is 5.10 Å². The van der Waals surface area contributed by atoms with E-state index < -0.39 is 0 Å². The molecule has 1 aromatic carbocycles. The van der Waals surface area contributed by atoms with Crippen LogP contribution in [0.4, 0.5) is 0 Å². The third-order valence-electron chi connectivity index (χ3n) is 3.41. The topological polar surface area (TPSA) is 62.7 Å². The van der Waals surface area contributed by atoms with E-state index in [2.05, 4.69) is 47.6 Å². The van der Waals surface area contributed by atoms with Gasteiger partial charge in [-0.3, -0.25) is 4.57 Å². The van der Waals surface area contributed by atoms with Crippen molar-refractivity contribution >= 4 is 11.8 Å². The van der Waals surface area contributed by atoms with E-state index in [1.54, 1.807) is 16.3 Å². The summed E-state index contributed by atoms with van der Waals surface area (Å²) in [5.41, 5.74) is 3.65. The molecule has 0 fully saturated rings. The number of benzene rings is 1. The molecule has 1 heterocycles. The molecule has 114 valence electrons. The molecule has 2 rings (SSSR count). The maximum atomic E-state index is 11.6. The molecule has 1 aromatic heterocycles. The van der Waals surface area contributed by atoms with Crippen LogP contribution in [-0.2, 0) is 6.54 Å². The first-order chi connectivity index (χ1) is 10.0. The zero-order chi connectivity index (χ0) is 15.4. The van der Waals surface area contributed by atoms with Crippen molar-refractivity contribution in [2.24, 2.45) is 0 Å². The highest BCUT2D eigenvalue weighted by atomic mass is 32.2. The molecule has 2 N–H and O–H groups in total. The summed E-state index contributed by atoms with van der Waals surface area (Å²) in [6, 6.07) is 6.80. The second-order valence-electron chi connectivity index (χ2n) is 5.13. The summed E-state index contributed by atoms with van der Waals surface area (Å²) in [7, 11) is 1.96. The molecule has 2 aromatic rings. The summed E-state index contributed by atoms with van der Waals surface area (Å²) >= 11 is 1.59. The van der Waals surface area contributed by atoms with Crippen LogP contribution in [0.5, 0.6) is 0 Å². The van der Waals surface area contributed by atoms with Crippen LogP contribution in [0.2, 0.25) is 0 Å². The lowest BCUT2D eigenvalue weighted by molar-refractivity contribution is 0.645. The van der Waals surface area contributed by atoms with Crippen LogP contribution in [0.1, 0.15) is 29.7 Å². The van der Waals surface area contributed by atoms with E-state index in [0.29, 0.717) is 6.54 Å². The number of hydrogen-bond acceptors (Lipinski definition) is 4. The van der Waals surface area contributed by atoms with Gasteiger partial charge < -0.3 is 5.32 Å². The molecule has 1 unspecified atom stereocenters. The SMILES string of the molecule is CCn1c(SCC(NC)c2cc(C)cc(C)c2)n[nH]c1=O. The van der Waals surface area contributed by atoms with Crippen molar-refractivity contribution < 1.29 is 0 Å². The quantitative estimate of drug-likeness (QED) is 0.804. The first-order valence-corrected chi connectivity index (χ1v) is 8.07.